The fraction of sp³-hybridized carbons (Fsp3) is 0.160. The van der Waals surface area contributed by atoms with Crippen LogP contribution in [0, 0.1) is 0 Å². The van der Waals surface area contributed by atoms with E-state index in [1.165, 1.54) is 16.5 Å². The van der Waals surface area contributed by atoms with Gasteiger partial charge in [0.25, 0.3) is 5.91 Å². The maximum atomic E-state index is 12.8. The van der Waals surface area contributed by atoms with Crippen molar-refractivity contribution in [2.24, 2.45) is 0 Å². The van der Waals surface area contributed by atoms with Crippen LogP contribution >= 0.6 is 0 Å². The largest absolute Gasteiger partial charge is 0.486 e. The summed E-state index contributed by atoms with van der Waals surface area (Å²) in [5.41, 5.74) is 2.53. The van der Waals surface area contributed by atoms with E-state index in [1.807, 2.05) is 53.4 Å². The standard InChI is InChI=1S/C25H21NO3/c27-25(26-14-13-19-6-2-4-8-21(19)16-26)24-12-11-23(29-24)17-28-22-10-9-18-5-1-3-7-20(18)15-22/h1-12,15H,13-14,16-17H2. The second kappa shape index (κ2) is 7.47. The number of fused-ring (bicyclic) bond motifs is 2. The lowest BCUT2D eigenvalue weighted by molar-refractivity contribution is 0.0698. The van der Waals surface area contributed by atoms with Crippen molar-refractivity contribution >= 4 is 16.7 Å². The van der Waals surface area contributed by atoms with Gasteiger partial charge < -0.3 is 14.1 Å². The molecule has 2 heterocycles. The first-order valence-corrected chi connectivity index (χ1v) is 9.83. The number of furan rings is 1. The Bertz CT molecular complexity index is 1180. The van der Waals surface area contributed by atoms with Crippen LogP contribution in [0.5, 0.6) is 5.75 Å². The Morgan fingerprint density at radius 3 is 2.59 bits per heavy atom. The molecular formula is C25H21NO3. The molecule has 4 nitrogen and oxygen atoms in total. The number of nitrogens with zero attached hydrogens (tertiary/aromatic N) is 1. The van der Waals surface area contributed by atoms with E-state index < -0.39 is 0 Å². The molecule has 0 atom stereocenters. The Balaban J connectivity index is 1.25. The molecule has 1 aliphatic heterocycles. The van der Waals surface area contributed by atoms with Crippen LogP contribution in [0.15, 0.2) is 83.3 Å². The summed E-state index contributed by atoms with van der Waals surface area (Å²) >= 11 is 0. The van der Waals surface area contributed by atoms with E-state index in [0.29, 0.717) is 24.6 Å². The third kappa shape index (κ3) is 3.61. The zero-order chi connectivity index (χ0) is 19.6. The zero-order valence-electron chi connectivity index (χ0n) is 16.0. The molecule has 4 aromatic rings. The Hall–Kier alpha value is -3.53. The summed E-state index contributed by atoms with van der Waals surface area (Å²) in [6.07, 6.45) is 0.876. The number of benzene rings is 3. The zero-order valence-corrected chi connectivity index (χ0v) is 16.0. The van der Waals surface area contributed by atoms with Crippen LogP contribution in [0.1, 0.15) is 27.4 Å². The summed E-state index contributed by atoms with van der Waals surface area (Å²) in [4.78, 5) is 14.7. The van der Waals surface area contributed by atoms with Crippen molar-refractivity contribution in [2.75, 3.05) is 6.54 Å². The van der Waals surface area contributed by atoms with Crippen molar-refractivity contribution in [1.29, 1.82) is 0 Å². The predicted octanol–water partition coefficient (Wildman–Crippen LogP) is 5.21. The highest BCUT2D eigenvalue weighted by Crippen LogP contribution is 2.23. The third-order valence-electron chi connectivity index (χ3n) is 5.39. The molecule has 0 N–H and O–H groups in total. The fourth-order valence-electron chi connectivity index (χ4n) is 3.81. The van der Waals surface area contributed by atoms with Crippen molar-refractivity contribution in [3.8, 4) is 5.75 Å². The minimum Gasteiger partial charge on any atom is -0.486 e. The van der Waals surface area contributed by atoms with E-state index in [9.17, 15) is 4.79 Å². The molecule has 0 radical (unpaired) electrons. The van der Waals surface area contributed by atoms with Crippen molar-refractivity contribution in [3.63, 3.8) is 0 Å². The van der Waals surface area contributed by atoms with Crippen molar-refractivity contribution in [1.82, 2.24) is 4.90 Å². The van der Waals surface area contributed by atoms with Gasteiger partial charge in [-0.25, -0.2) is 0 Å². The normalized spacial score (nSPS) is 13.3. The average molecular weight is 383 g/mol. The molecule has 29 heavy (non-hydrogen) atoms. The lowest BCUT2D eigenvalue weighted by Crippen LogP contribution is -2.35. The van der Waals surface area contributed by atoms with Gasteiger partial charge in [0.15, 0.2) is 5.76 Å². The highest BCUT2D eigenvalue weighted by Gasteiger charge is 2.23. The minimum atomic E-state index is -0.0727. The second-order valence-electron chi connectivity index (χ2n) is 7.31. The van der Waals surface area contributed by atoms with E-state index in [1.54, 1.807) is 6.07 Å². The molecule has 0 saturated carbocycles. The van der Waals surface area contributed by atoms with Gasteiger partial charge in [-0.05, 0) is 52.6 Å². The number of hydrogen-bond donors (Lipinski definition) is 0. The van der Waals surface area contributed by atoms with Gasteiger partial charge in [0.2, 0.25) is 0 Å². The topological polar surface area (TPSA) is 42.7 Å². The van der Waals surface area contributed by atoms with Crippen LogP contribution in [0.3, 0.4) is 0 Å². The van der Waals surface area contributed by atoms with Gasteiger partial charge >= 0.3 is 0 Å². The Kier molecular flexibility index (Phi) is 4.53. The van der Waals surface area contributed by atoms with Crippen molar-refractivity contribution in [2.45, 2.75) is 19.6 Å². The van der Waals surface area contributed by atoms with Gasteiger partial charge in [-0.1, -0.05) is 54.6 Å². The molecule has 0 fully saturated rings. The summed E-state index contributed by atoms with van der Waals surface area (Å²) in [7, 11) is 0. The van der Waals surface area contributed by atoms with Gasteiger partial charge in [-0.2, -0.15) is 0 Å². The molecule has 0 spiro atoms. The van der Waals surface area contributed by atoms with Crippen molar-refractivity contribution < 1.29 is 13.9 Å². The molecule has 1 aliphatic rings. The molecule has 144 valence electrons. The highest BCUT2D eigenvalue weighted by molar-refractivity contribution is 5.91. The molecule has 1 aromatic heterocycles. The van der Waals surface area contributed by atoms with Gasteiger partial charge in [-0.3, -0.25) is 4.79 Å². The number of amides is 1. The molecular weight excluding hydrogens is 362 g/mol. The number of ether oxygens (including phenoxy) is 1. The Morgan fingerprint density at radius 1 is 0.897 bits per heavy atom. The molecule has 4 heteroatoms. The highest BCUT2D eigenvalue weighted by atomic mass is 16.5. The van der Waals surface area contributed by atoms with E-state index in [-0.39, 0.29) is 12.5 Å². The molecule has 0 unspecified atom stereocenters. The van der Waals surface area contributed by atoms with E-state index in [4.69, 9.17) is 9.15 Å². The van der Waals surface area contributed by atoms with E-state index in [2.05, 4.69) is 24.3 Å². The summed E-state index contributed by atoms with van der Waals surface area (Å²) in [6.45, 7) is 1.62. The quantitative estimate of drug-likeness (QED) is 0.486. The smallest absolute Gasteiger partial charge is 0.289 e. The lowest BCUT2D eigenvalue weighted by Gasteiger charge is -2.28. The van der Waals surface area contributed by atoms with Gasteiger partial charge in [-0.15, -0.1) is 0 Å². The molecule has 0 bridgehead atoms. The van der Waals surface area contributed by atoms with Crippen LogP contribution in [-0.2, 0) is 19.6 Å². The fourth-order valence-corrected chi connectivity index (χ4v) is 3.81. The molecule has 5 rings (SSSR count). The van der Waals surface area contributed by atoms with E-state index in [0.717, 1.165) is 17.6 Å². The number of rotatable bonds is 4. The maximum Gasteiger partial charge on any atom is 0.289 e. The number of hydrogen-bond acceptors (Lipinski definition) is 3. The first kappa shape index (κ1) is 17.6. The van der Waals surface area contributed by atoms with Gasteiger partial charge in [0.05, 0.1) is 0 Å². The minimum absolute atomic E-state index is 0.0727. The second-order valence-corrected chi connectivity index (χ2v) is 7.31. The Morgan fingerprint density at radius 2 is 1.69 bits per heavy atom. The summed E-state index contributed by atoms with van der Waals surface area (Å²) in [6, 6.07) is 26.0. The lowest BCUT2D eigenvalue weighted by atomic mass is 10.00. The van der Waals surface area contributed by atoms with Crippen LogP contribution < -0.4 is 4.74 Å². The number of carbonyl (C=O) groups is 1. The van der Waals surface area contributed by atoms with Gasteiger partial charge in [0, 0.05) is 13.1 Å². The SMILES string of the molecule is O=C(c1ccc(COc2ccc3ccccc3c2)o1)N1CCc2ccccc2C1. The van der Waals surface area contributed by atoms with Crippen LogP contribution in [-0.4, -0.2) is 17.4 Å². The summed E-state index contributed by atoms with van der Waals surface area (Å²) in [5.74, 6) is 1.71. The first-order valence-electron chi connectivity index (χ1n) is 9.83. The molecule has 0 saturated heterocycles. The van der Waals surface area contributed by atoms with Crippen molar-refractivity contribution in [3.05, 3.63) is 102 Å². The summed E-state index contributed by atoms with van der Waals surface area (Å²) < 4.78 is 11.6. The van der Waals surface area contributed by atoms with Crippen LogP contribution in [0.4, 0.5) is 0 Å². The van der Waals surface area contributed by atoms with E-state index >= 15 is 0 Å². The molecule has 1 amide bonds. The monoisotopic (exact) mass is 383 g/mol. The predicted molar refractivity (Wildman–Crippen MR) is 112 cm³/mol. The summed E-state index contributed by atoms with van der Waals surface area (Å²) in [5, 5.41) is 2.31. The molecule has 3 aromatic carbocycles. The van der Waals surface area contributed by atoms with Crippen LogP contribution in [0.25, 0.3) is 10.8 Å². The average Bonchev–Trinajstić information content (AvgIpc) is 3.26. The van der Waals surface area contributed by atoms with Crippen LogP contribution in [0.2, 0.25) is 0 Å². The first-order chi connectivity index (χ1) is 14.3. The Labute approximate surface area is 169 Å². The third-order valence-corrected chi connectivity index (χ3v) is 5.39. The maximum absolute atomic E-state index is 12.8. The van der Waals surface area contributed by atoms with Gasteiger partial charge in [0.1, 0.15) is 18.1 Å². The molecule has 0 aliphatic carbocycles. The number of carbonyl (C=O) groups excluding carboxylic acids is 1.